The van der Waals surface area contributed by atoms with Gasteiger partial charge in [0.2, 0.25) is 5.82 Å². The lowest BCUT2D eigenvalue weighted by molar-refractivity contribution is 0.202. The lowest BCUT2D eigenvalue weighted by Gasteiger charge is -2.37. The van der Waals surface area contributed by atoms with E-state index in [2.05, 4.69) is 14.9 Å². The first kappa shape index (κ1) is 22.4. The van der Waals surface area contributed by atoms with Crippen LogP contribution in [0.4, 0.5) is 16.3 Å². The molecule has 1 aromatic heterocycles. The van der Waals surface area contributed by atoms with Crippen LogP contribution in [0.3, 0.4) is 0 Å². The number of urea groups is 1. The molecule has 0 radical (unpaired) electrons. The molecule has 0 saturated carbocycles. The van der Waals surface area contributed by atoms with Gasteiger partial charge in [-0.25, -0.2) is 14.8 Å². The van der Waals surface area contributed by atoms with Gasteiger partial charge < -0.3 is 24.0 Å². The minimum atomic E-state index is -0.136. The van der Waals surface area contributed by atoms with Crippen molar-refractivity contribution < 1.29 is 19.0 Å². The van der Waals surface area contributed by atoms with Gasteiger partial charge >= 0.3 is 6.03 Å². The van der Waals surface area contributed by atoms with E-state index in [1.807, 2.05) is 54.3 Å². The number of amides is 2. The molecule has 1 fully saturated rings. The predicted octanol–water partition coefficient (Wildman–Crippen LogP) is 3.42. The molecule has 0 atom stereocenters. The Kier molecular flexibility index (Phi) is 6.67. The van der Waals surface area contributed by atoms with Crippen LogP contribution in [-0.2, 0) is 0 Å². The van der Waals surface area contributed by atoms with E-state index in [9.17, 15) is 4.79 Å². The van der Waals surface area contributed by atoms with Crippen molar-refractivity contribution in [1.29, 1.82) is 0 Å². The van der Waals surface area contributed by atoms with Crippen LogP contribution in [0.25, 0.3) is 11.0 Å². The Morgan fingerprint density at radius 3 is 2.15 bits per heavy atom. The van der Waals surface area contributed by atoms with E-state index in [0.717, 1.165) is 22.7 Å². The lowest BCUT2D eigenvalue weighted by atomic mass is 10.2. The zero-order valence-corrected chi connectivity index (χ0v) is 19.4. The zero-order valence-electron chi connectivity index (χ0n) is 19.4. The van der Waals surface area contributed by atoms with E-state index in [-0.39, 0.29) is 6.03 Å². The van der Waals surface area contributed by atoms with Gasteiger partial charge in [0.1, 0.15) is 11.5 Å². The van der Waals surface area contributed by atoms with Gasteiger partial charge in [0.25, 0.3) is 5.88 Å². The highest BCUT2D eigenvalue weighted by Crippen LogP contribution is 2.30. The first-order chi connectivity index (χ1) is 16.0. The van der Waals surface area contributed by atoms with Gasteiger partial charge in [-0.2, -0.15) is 0 Å². The van der Waals surface area contributed by atoms with Crippen LogP contribution in [0.2, 0.25) is 0 Å². The molecular formula is C24H29N5O4. The number of para-hydroxylation sites is 2. The maximum Gasteiger partial charge on any atom is 0.325 e. The molecule has 0 bridgehead atoms. The number of carbonyl (C=O) groups is 1. The van der Waals surface area contributed by atoms with Gasteiger partial charge in [-0.3, -0.25) is 4.90 Å². The monoisotopic (exact) mass is 451 g/mol. The minimum Gasteiger partial charge on any atom is -0.497 e. The number of piperazine rings is 1. The van der Waals surface area contributed by atoms with Crippen LogP contribution >= 0.6 is 0 Å². The van der Waals surface area contributed by atoms with E-state index >= 15 is 0 Å². The molecule has 2 heterocycles. The molecule has 1 saturated heterocycles. The van der Waals surface area contributed by atoms with Gasteiger partial charge in [-0.15, -0.1) is 0 Å². The SMILES string of the molecule is CCOc1nc2ccccc2nc1N(C)C(=O)N1CCN(c2cc(OC)cc(OC)c2)CC1. The summed E-state index contributed by atoms with van der Waals surface area (Å²) in [6.45, 7) is 4.86. The molecule has 9 nitrogen and oxygen atoms in total. The molecule has 2 amide bonds. The summed E-state index contributed by atoms with van der Waals surface area (Å²) in [7, 11) is 4.98. The minimum absolute atomic E-state index is 0.136. The molecule has 0 N–H and O–H groups in total. The molecule has 0 unspecified atom stereocenters. The summed E-state index contributed by atoms with van der Waals surface area (Å²) in [5.41, 5.74) is 2.45. The quantitative estimate of drug-likeness (QED) is 0.568. The Hall–Kier alpha value is -3.75. The Bertz CT molecular complexity index is 1110. The van der Waals surface area contributed by atoms with Gasteiger partial charge in [-0.05, 0) is 19.1 Å². The number of methoxy groups -OCH3 is 2. The van der Waals surface area contributed by atoms with Crippen molar-refractivity contribution in [1.82, 2.24) is 14.9 Å². The first-order valence-corrected chi connectivity index (χ1v) is 10.9. The molecule has 1 aliphatic heterocycles. The maximum absolute atomic E-state index is 13.3. The van der Waals surface area contributed by atoms with Gasteiger partial charge in [0.05, 0.1) is 31.9 Å². The molecule has 1 aliphatic rings. The topological polar surface area (TPSA) is 80.3 Å². The normalized spacial score (nSPS) is 13.7. The highest BCUT2D eigenvalue weighted by Gasteiger charge is 2.27. The second kappa shape index (κ2) is 9.81. The first-order valence-electron chi connectivity index (χ1n) is 10.9. The fraction of sp³-hybridized carbons (Fsp3) is 0.375. The Morgan fingerprint density at radius 1 is 0.970 bits per heavy atom. The van der Waals surface area contributed by atoms with Crippen molar-refractivity contribution in [3.8, 4) is 17.4 Å². The van der Waals surface area contributed by atoms with Crippen molar-refractivity contribution in [2.45, 2.75) is 6.92 Å². The van der Waals surface area contributed by atoms with Crippen molar-refractivity contribution in [3.63, 3.8) is 0 Å². The Labute approximate surface area is 193 Å². The number of fused-ring (bicyclic) bond motifs is 1. The van der Waals surface area contributed by atoms with Crippen LogP contribution in [-0.4, -0.2) is 75.0 Å². The summed E-state index contributed by atoms with van der Waals surface area (Å²) in [4.78, 5) is 28.1. The predicted molar refractivity (Wildman–Crippen MR) is 128 cm³/mol. The van der Waals surface area contributed by atoms with Crippen molar-refractivity contribution >= 4 is 28.6 Å². The Balaban J connectivity index is 1.49. The molecule has 0 aliphatic carbocycles. The summed E-state index contributed by atoms with van der Waals surface area (Å²) in [6.07, 6.45) is 0. The molecule has 174 valence electrons. The number of aromatic nitrogens is 2. The highest BCUT2D eigenvalue weighted by molar-refractivity contribution is 5.93. The average molecular weight is 452 g/mol. The standard InChI is InChI=1S/C24H29N5O4/c1-5-33-23-22(25-20-8-6-7-9-21(20)26-23)27(2)24(30)29-12-10-28(11-13-29)17-14-18(31-3)16-19(15-17)32-4/h6-9,14-16H,5,10-13H2,1-4H3. The summed E-state index contributed by atoms with van der Waals surface area (Å²) in [5.74, 6) is 2.25. The second-order valence-corrected chi connectivity index (χ2v) is 7.66. The summed E-state index contributed by atoms with van der Waals surface area (Å²) in [6, 6.07) is 13.2. The number of rotatable bonds is 6. The van der Waals surface area contributed by atoms with Crippen molar-refractivity contribution in [3.05, 3.63) is 42.5 Å². The number of hydrogen-bond donors (Lipinski definition) is 0. The highest BCUT2D eigenvalue weighted by atomic mass is 16.5. The van der Waals surface area contributed by atoms with Crippen LogP contribution < -0.4 is 24.0 Å². The zero-order chi connectivity index (χ0) is 23.4. The fourth-order valence-corrected chi connectivity index (χ4v) is 3.86. The largest absolute Gasteiger partial charge is 0.497 e. The number of hydrogen-bond acceptors (Lipinski definition) is 7. The molecule has 4 rings (SSSR count). The number of ether oxygens (including phenoxy) is 3. The van der Waals surface area contributed by atoms with Gasteiger partial charge in [0, 0.05) is 57.1 Å². The number of nitrogens with zero attached hydrogens (tertiary/aromatic N) is 5. The van der Waals surface area contributed by atoms with Crippen LogP contribution in [0.5, 0.6) is 17.4 Å². The number of benzene rings is 2. The van der Waals surface area contributed by atoms with E-state index < -0.39 is 0 Å². The summed E-state index contributed by atoms with van der Waals surface area (Å²) >= 11 is 0. The molecule has 9 heteroatoms. The van der Waals surface area contributed by atoms with Crippen LogP contribution in [0.1, 0.15) is 6.92 Å². The maximum atomic E-state index is 13.3. The third-order valence-corrected chi connectivity index (χ3v) is 5.66. The molecule has 33 heavy (non-hydrogen) atoms. The van der Waals surface area contributed by atoms with Gasteiger partial charge in [-0.1, -0.05) is 12.1 Å². The second-order valence-electron chi connectivity index (χ2n) is 7.66. The third-order valence-electron chi connectivity index (χ3n) is 5.66. The lowest BCUT2D eigenvalue weighted by Crippen LogP contribution is -2.52. The van der Waals surface area contributed by atoms with E-state index in [1.165, 1.54) is 4.90 Å². The molecule has 2 aromatic carbocycles. The van der Waals surface area contributed by atoms with Crippen LogP contribution in [0, 0.1) is 0 Å². The molecule has 3 aromatic rings. The van der Waals surface area contributed by atoms with Crippen molar-refractivity contribution in [2.24, 2.45) is 0 Å². The number of anilines is 2. The molecule has 0 spiro atoms. The summed E-state index contributed by atoms with van der Waals surface area (Å²) < 4.78 is 16.5. The van der Waals surface area contributed by atoms with E-state index in [0.29, 0.717) is 50.0 Å². The molecular weight excluding hydrogens is 422 g/mol. The van der Waals surface area contributed by atoms with E-state index in [1.54, 1.807) is 21.3 Å². The third kappa shape index (κ3) is 4.72. The number of carbonyl (C=O) groups excluding carboxylic acids is 1. The summed E-state index contributed by atoms with van der Waals surface area (Å²) in [5, 5.41) is 0. The average Bonchev–Trinajstić information content (AvgIpc) is 2.87. The van der Waals surface area contributed by atoms with E-state index in [4.69, 9.17) is 14.2 Å². The van der Waals surface area contributed by atoms with Crippen molar-refractivity contribution in [2.75, 3.05) is 63.9 Å². The Morgan fingerprint density at radius 2 is 1.58 bits per heavy atom. The fourth-order valence-electron chi connectivity index (χ4n) is 3.86. The van der Waals surface area contributed by atoms with Crippen LogP contribution in [0.15, 0.2) is 42.5 Å². The van der Waals surface area contributed by atoms with Gasteiger partial charge in [0.15, 0.2) is 0 Å². The smallest absolute Gasteiger partial charge is 0.325 e.